The number of aryl methyl sites for hydroxylation is 2. The van der Waals surface area contributed by atoms with Crippen molar-refractivity contribution >= 4 is 27.8 Å². The molecule has 0 aliphatic rings. The third-order valence-electron chi connectivity index (χ3n) is 4.07. The van der Waals surface area contributed by atoms with Crippen LogP contribution in [0.2, 0.25) is 0 Å². The molecule has 0 amide bonds. The smallest absolute Gasteiger partial charge is 0.373 e. The summed E-state index contributed by atoms with van der Waals surface area (Å²) in [6.45, 7) is 4.78. The quantitative estimate of drug-likeness (QED) is 0.628. The van der Waals surface area contributed by atoms with Crippen LogP contribution in [0.1, 0.15) is 16.8 Å². The fraction of sp³-hybridized carbons (Fsp3) is 0.150. The van der Waals surface area contributed by atoms with Crippen molar-refractivity contribution in [1.29, 1.82) is 0 Å². The van der Waals surface area contributed by atoms with Gasteiger partial charge in [-0.25, -0.2) is 4.39 Å². The second kappa shape index (κ2) is 8.61. The molecule has 0 saturated carbocycles. The normalized spacial score (nSPS) is 10.0. The minimum atomic E-state index is -0.220. The predicted molar refractivity (Wildman–Crippen MR) is 102 cm³/mol. The highest BCUT2D eigenvalue weighted by Gasteiger charge is 2.09. The fourth-order valence-corrected chi connectivity index (χ4v) is 3.34. The van der Waals surface area contributed by atoms with Crippen LogP contribution in [0.3, 0.4) is 0 Å². The molecule has 3 aromatic rings. The topological polar surface area (TPSA) is 65.1 Å². The van der Waals surface area contributed by atoms with Crippen LogP contribution < -0.4 is 5.73 Å². The Balaban J connectivity index is 0.000000758. The van der Waals surface area contributed by atoms with Gasteiger partial charge in [-0.15, -0.1) is 0 Å². The molecule has 6 heteroatoms. The van der Waals surface area contributed by atoms with E-state index < -0.39 is 0 Å². The average molecular weight is 417 g/mol. The van der Waals surface area contributed by atoms with Gasteiger partial charge >= 0.3 is 6.15 Å². The molecule has 3 rings (SSSR count). The average Bonchev–Trinajstić information content (AvgIpc) is 2.94. The molecule has 134 valence electrons. The van der Waals surface area contributed by atoms with Gasteiger partial charge in [-0.05, 0) is 66.4 Å². The zero-order valence-corrected chi connectivity index (χ0v) is 16.0. The van der Waals surface area contributed by atoms with Crippen molar-refractivity contribution in [2.45, 2.75) is 20.4 Å². The van der Waals surface area contributed by atoms with Gasteiger partial charge in [-0.2, -0.15) is 9.59 Å². The molecule has 1 heterocycles. The number of nitrogen functional groups attached to an aromatic ring is 1. The third kappa shape index (κ3) is 4.69. The van der Waals surface area contributed by atoms with E-state index in [0.717, 1.165) is 38.1 Å². The maximum Gasteiger partial charge on any atom is 0.373 e. The molecule has 0 aliphatic carbocycles. The van der Waals surface area contributed by atoms with Crippen LogP contribution in [0.25, 0.3) is 11.1 Å². The molecule has 0 radical (unpaired) electrons. The van der Waals surface area contributed by atoms with Gasteiger partial charge in [0, 0.05) is 28.6 Å². The van der Waals surface area contributed by atoms with Crippen molar-refractivity contribution in [1.82, 2.24) is 4.57 Å². The number of nitrogens with two attached hydrogens (primary N) is 1. The van der Waals surface area contributed by atoms with Crippen LogP contribution in [0, 0.1) is 19.7 Å². The summed E-state index contributed by atoms with van der Waals surface area (Å²) in [4.78, 5) is 16.2. The first-order chi connectivity index (χ1) is 12.3. The number of halogens is 2. The van der Waals surface area contributed by atoms with E-state index in [1.807, 2.05) is 13.0 Å². The number of aromatic nitrogens is 1. The minimum Gasteiger partial charge on any atom is -0.398 e. The van der Waals surface area contributed by atoms with E-state index in [4.69, 9.17) is 15.3 Å². The largest absolute Gasteiger partial charge is 0.398 e. The van der Waals surface area contributed by atoms with Crippen LogP contribution in [-0.2, 0) is 16.1 Å². The molecule has 4 nitrogen and oxygen atoms in total. The lowest BCUT2D eigenvalue weighted by molar-refractivity contribution is -0.191. The standard InChI is InChI=1S/C19H18BrFN2.CO2/c1-12-7-17(20)9-16(19(12)22)11-23-10-15(8-13(23)2)14-3-5-18(21)6-4-14;2-1-3/h3-10H,11,22H2,1-2H3;. The number of anilines is 1. The van der Waals surface area contributed by atoms with E-state index in [1.165, 1.54) is 12.1 Å². The van der Waals surface area contributed by atoms with E-state index in [-0.39, 0.29) is 12.0 Å². The highest BCUT2D eigenvalue weighted by molar-refractivity contribution is 9.10. The summed E-state index contributed by atoms with van der Waals surface area (Å²) >= 11 is 3.53. The summed E-state index contributed by atoms with van der Waals surface area (Å²) in [6.07, 6.45) is 2.33. The van der Waals surface area contributed by atoms with E-state index in [1.54, 1.807) is 12.1 Å². The molecule has 26 heavy (non-hydrogen) atoms. The number of hydrogen-bond acceptors (Lipinski definition) is 3. The highest BCUT2D eigenvalue weighted by Crippen LogP contribution is 2.27. The molecule has 0 fully saturated rings. The van der Waals surface area contributed by atoms with Gasteiger partial charge in [-0.1, -0.05) is 28.1 Å². The van der Waals surface area contributed by atoms with Gasteiger partial charge in [0.2, 0.25) is 0 Å². The molecular formula is C20H18BrFN2O2. The van der Waals surface area contributed by atoms with Crippen molar-refractivity contribution in [3.8, 4) is 11.1 Å². The van der Waals surface area contributed by atoms with Gasteiger partial charge < -0.3 is 10.3 Å². The van der Waals surface area contributed by atoms with Crippen molar-refractivity contribution in [2.75, 3.05) is 5.73 Å². The molecule has 0 aliphatic heterocycles. The number of carbonyl (C=O) groups excluding carboxylic acids is 2. The Morgan fingerprint density at radius 3 is 2.31 bits per heavy atom. The lowest BCUT2D eigenvalue weighted by atomic mass is 10.1. The van der Waals surface area contributed by atoms with Gasteiger partial charge in [0.1, 0.15) is 5.82 Å². The van der Waals surface area contributed by atoms with E-state index in [0.29, 0.717) is 6.54 Å². The Labute approximate surface area is 159 Å². The van der Waals surface area contributed by atoms with Gasteiger partial charge in [0.15, 0.2) is 0 Å². The fourth-order valence-electron chi connectivity index (χ4n) is 2.72. The molecular weight excluding hydrogens is 399 g/mol. The Bertz CT molecular complexity index is 943. The highest BCUT2D eigenvalue weighted by atomic mass is 79.9. The van der Waals surface area contributed by atoms with E-state index >= 15 is 0 Å². The number of rotatable bonds is 3. The molecule has 1 aromatic heterocycles. The van der Waals surface area contributed by atoms with Crippen LogP contribution in [-0.4, -0.2) is 10.7 Å². The number of nitrogens with zero attached hydrogens (tertiary/aromatic N) is 1. The summed E-state index contributed by atoms with van der Waals surface area (Å²) in [5.41, 5.74) is 12.4. The van der Waals surface area contributed by atoms with Crippen LogP contribution in [0.5, 0.6) is 0 Å². The molecule has 0 bridgehead atoms. The lowest BCUT2D eigenvalue weighted by Gasteiger charge is -2.12. The summed E-state index contributed by atoms with van der Waals surface area (Å²) in [6, 6.07) is 12.7. The SMILES string of the molecule is Cc1cc(Br)cc(Cn2cc(-c3ccc(F)cc3)cc2C)c1N.O=C=O. The molecule has 0 saturated heterocycles. The minimum absolute atomic E-state index is 0.220. The summed E-state index contributed by atoms with van der Waals surface area (Å²) in [7, 11) is 0. The Morgan fingerprint density at radius 2 is 1.69 bits per heavy atom. The molecule has 0 atom stereocenters. The second-order valence-electron chi connectivity index (χ2n) is 5.88. The zero-order valence-electron chi connectivity index (χ0n) is 14.4. The lowest BCUT2D eigenvalue weighted by Crippen LogP contribution is -2.04. The van der Waals surface area contributed by atoms with Crippen molar-refractivity contribution in [3.63, 3.8) is 0 Å². The summed E-state index contributed by atoms with van der Waals surface area (Å²) in [5.74, 6) is -0.220. The Hall–Kier alpha value is -2.69. The van der Waals surface area contributed by atoms with Crippen LogP contribution in [0.4, 0.5) is 10.1 Å². The van der Waals surface area contributed by atoms with Crippen molar-refractivity contribution in [3.05, 3.63) is 75.8 Å². The third-order valence-corrected chi connectivity index (χ3v) is 4.53. The maximum absolute atomic E-state index is 13.1. The maximum atomic E-state index is 13.1. The van der Waals surface area contributed by atoms with Crippen molar-refractivity contribution < 1.29 is 14.0 Å². The Kier molecular flexibility index (Phi) is 6.50. The number of hydrogen-bond donors (Lipinski definition) is 1. The van der Waals surface area contributed by atoms with Crippen LogP contribution >= 0.6 is 15.9 Å². The monoisotopic (exact) mass is 416 g/mol. The van der Waals surface area contributed by atoms with Crippen LogP contribution in [0.15, 0.2) is 53.1 Å². The first-order valence-corrected chi connectivity index (χ1v) is 8.61. The van der Waals surface area contributed by atoms with E-state index in [2.05, 4.69) is 45.8 Å². The zero-order chi connectivity index (χ0) is 19.3. The Morgan fingerprint density at radius 1 is 1.08 bits per heavy atom. The van der Waals surface area contributed by atoms with Gasteiger partial charge in [0.05, 0.1) is 0 Å². The first kappa shape index (κ1) is 19.6. The van der Waals surface area contributed by atoms with Gasteiger partial charge in [-0.3, -0.25) is 0 Å². The number of benzene rings is 2. The summed E-state index contributed by atoms with van der Waals surface area (Å²) < 4.78 is 16.3. The summed E-state index contributed by atoms with van der Waals surface area (Å²) in [5, 5.41) is 0. The van der Waals surface area contributed by atoms with E-state index in [9.17, 15) is 4.39 Å². The molecule has 0 unspecified atom stereocenters. The van der Waals surface area contributed by atoms with Crippen molar-refractivity contribution in [2.24, 2.45) is 0 Å². The predicted octanol–water partition coefficient (Wildman–Crippen LogP) is 4.72. The van der Waals surface area contributed by atoms with Gasteiger partial charge in [0.25, 0.3) is 0 Å². The first-order valence-electron chi connectivity index (χ1n) is 7.82. The molecule has 0 spiro atoms. The molecule has 2 aromatic carbocycles. The second-order valence-corrected chi connectivity index (χ2v) is 6.80. The molecule has 2 N–H and O–H groups in total.